The molecule has 1 aromatic carbocycles. The van der Waals surface area contributed by atoms with E-state index in [4.69, 9.17) is 4.74 Å². The Morgan fingerprint density at radius 2 is 1.81 bits per heavy atom. The fourth-order valence-corrected chi connectivity index (χ4v) is 2.35. The third-order valence-electron chi connectivity index (χ3n) is 3.84. The first-order valence-corrected chi connectivity index (χ1v) is 7.92. The van der Waals surface area contributed by atoms with E-state index in [1.807, 2.05) is 14.0 Å². The Kier molecular flexibility index (Phi) is 7.36. The second-order valence-electron chi connectivity index (χ2n) is 6.67. The van der Waals surface area contributed by atoms with Gasteiger partial charge in [-0.15, -0.1) is 0 Å². The zero-order valence-corrected chi connectivity index (χ0v) is 14.6. The van der Waals surface area contributed by atoms with E-state index in [0.717, 1.165) is 26.3 Å². The van der Waals surface area contributed by atoms with E-state index >= 15 is 0 Å². The van der Waals surface area contributed by atoms with Crippen molar-refractivity contribution in [1.29, 1.82) is 0 Å². The van der Waals surface area contributed by atoms with Gasteiger partial charge in [0.1, 0.15) is 0 Å². The first kappa shape index (κ1) is 18.1. The van der Waals surface area contributed by atoms with Crippen LogP contribution in [0.1, 0.15) is 44.9 Å². The van der Waals surface area contributed by atoms with Crippen molar-refractivity contribution < 1.29 is 4.74 Å². The Morgan fingerprint density at radius 3 is 2.29 bits per heavy atom. The van der Waals surface area contributed by atoms with E-state index < -0.39 is 0 Å². The highest BCUT2D eigenvalue weighted by molar-refractivity contribution is 5.29. The van der Waals surface area contributed by atoms with E-state index in [0.29, 0.717) is 6.04 Å². The number of likely N-dealkylation sites (N-methyl/N-ethyl adjacent to an activating group) is 2. The zero-order valence-electron chi connectivity index (χ0n) is 14.6. The molecule has 0 fully saturated rings. The first-order valence-electron chi connectivity index (χ1n) is 7.92. The van der Waals surface area contributed by atoms with Crippen molar-refractivity contribution in [2.75, 3.05) is 40.4 Å². The predicted octanol–water partition coefficient (Wildman–Crippen LogP) is 3.21. The molecule has 1 rings (SSSR count). The van der Waals surface area contributed by atoms with Gasteiger partial charge in [-0.3, -0.25) is 0 Å². The topological polar surface area (TPSA) is 24.5 Å². The largest absolute Gasteiger partial charge is 0.380 e. The second kappa shape index (κ2) is 8.52. The lowest BCUT2D eigenvalue weighted by atomic mass is 9.86. The maximum atomic E-state index is 5.42. The molecule has 0 aromatic heterocycles. The quantitative estimate of drug-likeness (QED) is 0.745. The van der Waals surface area contributed by atoms with Crippen molar-refractivity contribution in [3.63, 3.8) is 0 Å². The van der Waals surface area contributed by atoms with Crippen molar-refractivity contribution in [3.8, 4) is 0 Å². The van der Waals surface area contributed by atoms with Crippen LogP contribution in [0, 0.1) is 0 Å². The maximum absolute atomic E-state index is 5.42. The lowest BCUT2D eigenvalue weighted by Crippen LogP contribution is -2.33. The summed E-state index contributed by atoms with van der Waals surface area (Å²) in [5, 5.41) is 3.42. The fourth-order valence-electron chi connectivity index (χ4n) is 2.35. The predicted molar refractivity (Wildman–Crippen MR) is 90.9 cm³/mol. The number of benzene rings is 1. The van der Waals surface area contributed by atoms with Crippen LogP contribution in [0.2, 0.25) is 0 Å². The van der Waals surface area contributed by atoms with Crippen LogP contribution in [0.3, 0.4) is 0 Å². The highest BCUT2D eigenvalue weighted by atomic mass is 16.5. The Morgan fingerprint density at radius 1 is 1.19 bits per heavy atom. The summed E-state index contributed by atoms with van der Waals surface area (Å²) in [6.07, 6.45) is 0. The van der Waals surface area contributed by atoms with Gasteiger partial charge in [0.15, 0.2) is 0 Å². The van der Waals surface area contributed by atoms with E-state index in [2.05, 4.69) is 62.3 Å². The number of nitrogens with zero attached hydrogens (tertiary/aromatic N) is 1. The van der Waals surface area contributed by atoms with E-state index in [1.165, 1.54) is 11.1 Å². The molecule has 120 valence electrons. The molecule has 0 radical (unpaired) electrons. The molecule has 0 saturated carbocycles. The van der Waals surface area contributed by atoms with Gasteiger partial charge < -0.3 is 15.0 Å². The van der Waals surface area contributed by atoms with Crippen molar-refractivity contribution in [2.24, 2.45) is 0 Å². The SMILES string of the molecule is CCOCCN(C)CC(NC)c1ccc(C(C)(C)C)cc1. The Labute approximate surface area is 130 Å². The summed E-state index contributed by atoms with van der Waals surface area (Å²) in [6.45, 7) is 12.3. The lowest BCUT2D eigenvalue weighted by Gasteiger charge is -2.25. The minimum absolute atomic E-state index is 0.210. The van der Waals surface area contributed by atoms with E-state index in [9.17, 15) is 0 Å². The molecule has 0 aliphatic rings. The highest BCUT2D eigenvalue weighted by Crippen LogP contribution is 2.24. The molecule has 21 heavy (non-hydrogen) atoms. The van der Waals surface area contributed by atoms with Gasteiger partial charge in [-0.1, -0.05) is 45.0 Å². The molecular formula is C18H32N2O. The van der Waals surface area contributed by atoms with Gasteiger partial charge in [-0.2, -0.15) is 0 Å². The summed E-state index contributed by atoms with van der Waals surface area (Å²) in [5.41, 5.74) is 2.93. The van der Waals surface area contributed by atoms with Gasteiger partial charge in [-0.25, -0.2) is 0 Å². The van der Waals surface area contributed by atoms with Gasteiger partial charge in [0, 0.05) is 25.7 Å². The summed E-state index contributed by atoms with van der Waals surface area (Å²) in [6, 6.07) is 9.35. The van der Waals surface area contributed by atoms with Crippen LogP contribution >= 0.6 is 0 Å². The van der Waals surface area contributed by atoms with Crippen molar-refractivity contribution in [1.82, 2.24) is 10.2 Å². The normalized spacial score (nSPS) is 13.7. The molecular weight excluding hydrogens is 260 g/mol. The smallest absolute Gasteiger partial charge is 0.0593 e. The highest BCUT2D eigenvalue weighted by Gasteiger charge is 2.16. The molecule has 0 amide bonds. The van der Waals surface area contributed by atoms with Crippen molar-refractivity contribution in [2.45, 2.75) is 39.2 Å². The van der Waals surface area contributed by atoms with Crippen LogP contribution in [0.25, 0.3) is 0 Å². The zero-order chi connectivity index (χ0) is 15.9. The molecule has 0 heterocycles. The summed E-state index contributed by atoms with van der Waals surface area (Å²) < 4.78 is 5.42. The van der Waals surface area contributed by atoms with Crippen LogP contribution in [0.4, 0.5) is 0 Å². The number of hydrogen-bond donors (Lipinski definition) is 1. The average Bonchev–Trinajstić information content (AvgIpc) is 2.44. The van der Waals surface area contributed by atoms with Crippen molar-refractivity contribution >= 4 is 0 Å². The van der Waals surface area contributed by atoms with Crippen LogP contribution < -0.4 is 5.32 Å². The van der Waals surface area contributed by atoms with Gasteiger partial charge in [0.05, 0.1) is 6.61 Å². The van der Waals surface area contributed by atoms with Gasteiger partial charge in [-0.05, 0) is 37.6 Å². The maximum Gasteiger partial charge on any atom is 0.0593 e. The number of rotatable bonds is 8. The van der Waals surface area contributed by atoms with E-state index in [-0.39, 0.29) is 5.41 Å². The lowest BCUT2D eigenvalue weighted by molar-refractivity contribution is 0.119. The molecule has 1 atom stereocenters. The fraction of sp³-hybridized carbons (Fsp3) is 0.667. The third kappa shape index (κ3) is 6.16. The Hall–Kier alpha value is -0.900. The van der Waals surface area contributed by atoms with E-state index in [1.54, 1.807) is 0 Å². The van der Waals surface area contributed by atoms with Crippen molar-refractivity contribution in [3.05, 3.63) is 35.4 Å². The monoisotopic (exact) mass is 292 g/mol. The number of ether oxygens (including phenoxy) is 1. The Balaban J connectivity index is 2.63. The molecule has 0 aliphatic carbocycles. The molecule has 0 spiro atoms. The summed E-state index contributed by atoms with van der Waals surface area (Å²) in [5.74, 6) is 0. The summed E-state index contributed by atoms with van der Waals surface area (Å²) in [7, 11) is 4.17. The minimum atomic E-state index is 0.210. The molecule has 0 saturated heterocycles. The molecule has 0 bridgehead atoms. The molecule has 1 aromatic rings. The third-order valence-corrected chi connectivity index (χ3v) is 3.84. The van der Waals surface area contributed by atoms with Gasteiger partial charge in [0.2, 0.25) is 0 Å². The molecule has 0 aliphatic heterocycles. The molecule has 3 heteroatoms. The molecule has 1 unspecified atom stereocenters. The summed E-state index contributed by atoms with van der Waals surface area (Å²) >= 11 is 0. The number of hydrogen-bond acceptors (Lipinski definition) is 3. The van der Waals surface area contributed by atoms with Crippen LogP contribution in [-0.4, -0.2) is 45.3 Å². The summed E-state index contributed by atoms with van der Waals surface area (Å²) in [4.78, 5) is 2.31. The number of nitrogens with one attached hydrogen (secondary N) is 1. The van der Waals surface area contributed by atoms with Gasteiger partial charge >= 0.3 is 0 Å². The van der Waals surface area contributed by atoms with Crippen LogP contribution in [-0.2, 0) is 10.2 Å². The standard InChI is InChI=1S/C18H32N2O/c1-7-21-13-12-20(6)14-17(19-5)15-8-10-16(11-9-15)18(2,3)4/h8-11,17,19H,7,12-14H2,1-6H3. The minimum Gasteiger partial charge on any atom is -0.380 e. The second-order valence-corrected chi connectivity index (χ2v) is 6.67. The van der Waals surface area contributed by atoms with Gasteiger partial charge in [0.25, 0.3) is 0 Å². The molecule has 3 nitrogen and oxygen atoms in total. The van der Waals surface area contributed by atoms with Crippen LogP contribution in [0.15, 0.2) is 24.3 Å². The average molecular weight is 292 g/mol. The first-order chi connectivity index (χ1) is 9.88. The van der Waals surface area contributed by atoms with Crippen LogP contribution in [0.5, 0.6) is 0 Å². The Bertz CT molecular complexity index is 395. The molecule has 1 N–H and O–H groups in total.